The van der Waals surface area contributed by atoms with Gasteiger partial charge in [-0.2, -0.15) is 4.58 Å². The Hall–Kier alpha value is -6.14. The number of cyclic esters (lactones) is 1. The van der Waals surface area contributed by atoms with E-state index in [0.29, 0.717) is 57.3 Å². The van der Waals surface area contributed by atoms with E-state index in [1.165, 1.54) is 33.9 Å². The van der Waals surface area contributed by atoms with E-state index in [0.717, 1.165) is 38.3 Å². The Balaban J connectivity index is 0.956. The minimum absolute atomic E-state index is 0.0846. The van der Waals surface area contributed by atoms with Crippen molar-refractivity contribution in [1.29, 1.82) is 0 Å². The lowest BCUT2D eigenvalue weighted by Gasteiger charge is -2.27. The third-order valence-corrected chi connectivity index (χ3v) is 14.1. The first-order valence-electron chi connectivity index (χ1n) is 24.1. The maximum Gasteiger partial charge on any atom is 0.342 e. The van der Waals surface area contributed by atoms with Crippen LogP contribution in [0.1, 0.15) is 119 Å². The topological polar surface area (TPSA) is 144 Å². The summed E-state index contributed by atoms with van der Waals surface area (Å²) in [4.78, 5) is 49.5. The monoisotopic (exact) mass is 944 g/mol. The first-order valence-corrected chi connectivity index (χ1v) is 24.5. The lowest BCUT2D eigenvalue weighted by molar-refractivity contribution is -0.401. The van der Waals surface area contributed by atoms with Crippen LogP contribution in [0, 0.1) is 0 Å². The van der Waals surface area contributed by atoms with Crippen LogP contribution in [0.5, 0.6) is 11.5 Å². The number of phenolic OH excluding ortho intramolecular Hbond substituents is 2. The molecule has 360 valence electrons. The van der Waals surface area contributed by atoms with Gasteiger partial charge in [-0.15, -0.1) is 0 Å². The van der Waals surface area contributed by atoms with Crippen molar-refractivity contribution < 1.29 is 38.7 Å². The zero-order chi connectivity index (χ0) is 48.4. The summed E-state index contributed by atoms with van der Waals surface area (Å²) in [5.74, 6) is -1.99. The number of para-hydroxylation sites is 2. The van der Waals surface area contributed by atoms with Crippen LogP contribution in [0.15, 0.2) is 108 Å². The fourth-order valence-corrected chi connectivity index (χ4v) is 10.1. The number of piperidine rings is 1. The lowest BCUT2D eigenvalue weighted by Crippen LogP contribution is -2.37. The second-order valence-electron chi connectivity index (χ2n) is 19.2. The molecule has 1 saturated heterocycles. The molecule has 7 rings (SSSR count). The Labute approximate surface area is 406 Å². The highest BCUT2D eigenvalue weighted by atomic mass is 35.5. The van der Waals surface area contributed by atoms with Crippen molar-refractivity contribution in [2.45, 2.75) is 115 Å². The summed E-state index contributed by atoms with van der Waals surface area (Å²) in [7, 11) is 2.13. The first-order chi connectivity index (χ1) is 32.7. The molecule has 1 fully saturated rings. The van der Waals surface area contributed by atoms with Crippen LogP contribution in [-0.4, -0.2) is 94.8 Å². The molecule has 4 heterocycles. The number of ether oxygens (including phenoxy) is 1. The second-order valence-corrected chi connectivity index (χ2v) is 19.5. The van der Waals surface area contributed by atoms with Gasteiger partial charge < -0.3 is 34.9 Å². The van der Waals surface area contributed by atoms with Gasteiger partial charge in [0.1, 0.15) is 30.2 Å². The average Bonchev–Trinajstić information content (AvgIpc) is 3.65. The second kappa shape index (κ2) is 22.3. The summed E-state index contributed by atoms with van der Waals surface area (Å²) in [6, 6.07) is 18.2. The van der Waals surface area contributed by atoms with Gasteiger partial charge in [-0.25, -0.2) is 4.79 Å². The van der Waals surface area contributed by atoms with Crippen molar-refractivity contribution >= 4 is 52.2 Å². The molecule has 3 aromatic carbocycles. The Kier molecular flexibility index (Phi) is 16.3. The molecule has 4 aliphatic heterocycles. The van der Waals surface area contributed by atoms with E-state index < -0.39 is 23.6 Å². The number of anilines is 1. The molecule has 13 heteroatoms. The highest BCUT2D eigenvalue weighted by Crippen LogP contribution is 2.48. The molecule has 12 nitrogen and oxygen atoms in total. The fraction of sp³-hybridized carbons (Fsp3) is 0.436. The Morgan fingerprint density at radius 2 is 1.69 bits per heavy atom. The molecule has 3 N–H and O–H groups in total. The third kappa shape index (κ3) is 11.4. The van der Waals surface area contributed by atoms with Gasteiger partial charge in [0.05, 0.1) is 16.1 Å². The molecule has 3 aromatic rings. The summed E-state index contributed by atoms with van der Waals surface area (Å²) >= 11 is 6.59. The van der Waals surface area contributed by atoms with Gasteiger partial charge in [-0.05, 0) is 88.1 Å². The minimum atomic E-state index is -0.833. The number of rotatable bonds is 13. The van der Waals surface area contributed by atoms with E-state index in [1.807, 2.05) is 18.2 Å². The Bertz CT molecular complexity index is 2550. The predicted molar refractivity (Wildman–Crippen MR) is 269 cm³/mol. The number of carbonyl (C=O) groups is 3. The summed E-state index contributed by atoms with van der Waals surface area (Å²) in [5, 5.41) is 28.7. The molecule has 0 aliphatic carbocycles. The number of hydrogen-bond acceptors (Lipinski definition) is 9. The van der Waals surface area contributed by atoms with E-state index in [1.54, 1.807) is 11.0 Å². The Morgan fingerprint density at radius 3 is 2.47 bits per heavy atom. The number of nitrogens with one attached hydrogen (secondary N) is 1. The summed E-state index contributed by atoms with van der Waals surface area (Å²) in [6.07, 6.45) is 20.4. The number of hydrogen-bond donors (Lipinski definition) is 3. The third-order valence-electron chi connectivity index (χ3n) is 13.7. The van der Waals surface area contributed by atoms with Crippen LogP contribution in [0.3, 0.4) is 0 Å². The zero-order valence-electron chi connectivity index (χ0n) is 40.2. The number of likely N-dealkylation sites (tertiary alicyclic amines) is 1. The van der Waals surface area contributed by atoms with Gasteiger partial charge in [-0.1, -0.05) is 91.3 Å². The minimum Gasteiger partial charge on any atom is -0.507 e. The van der Waals surface area contributed by atoms with Crippen LogP contribution in [-0.2, 0) is 36.4 Å². The lowest BCUT2D eigenvalue weighted by atomic mass is 9.81. The van der Waals surface area contributed by atoms with Gasteiger partial charge >= 0.3 is 5.97 Å². The molecule has 4 aliphatic rings. The van der Waals surface area contributed by atoms with Gasteiger partial charge in [0.25, 0.3) is 5.91 Å². The van der Waals surface area contributed by atoms with Crippen LogP contribution in [0.4, 0.5) is 11.4 Å². The molecule has 1 atom stereocenters. The highest BCUT2D eigenvalue weighted by molar-refractivity contribution is 6.33. The van der Waals surface area contributed by atoms with E-state index >= 15 is 0 Å². The molecule has 68 heavy (non-hydrogen) atoms. The number of phenols is 2. The van der Waals surface area contributed by atoms with Crippen molar-refractivity contribution in [1.82, 2.24) is 10.2 Å². The number of allylic oxidation sites excluding steroid dienone is 7. The zero-order valence-corrected chi connectivity index (χ0v) is 41.0. The summed E-state index contributed by atoms with van der Waals surface area (Å²) in [5.41, 5.74) is 7.39. The number of esters is 1. The van der Waals surface area contributed by atoms with E-state index in [2.05, 4.69) is 121 Å². The average molecular weight is 946 g/mol. The standard InChI is InChI=1S/C55H66ClN5O7/c1-54(2)41-23-12-14-25-43(41)59(5)47(54)27-20-28-48-55(3,4)42-24-13-15-26-44(42)61(48)34-19-16-29-49(64)57-31-30-39-22-11-8-6-7-10-21-38(58-67-37-50(65)60-32-17-9-18-33-60)35-40-51(53(66)68-39)45(62)36-46(63)52(40)56/h8,10-15,20-21,23-28,36,39H,6-7,9,16-19,22,29-35,37H2,1-5H3,(H2-,57,62,63,64,66)/p+1/b11-8+,21-10+,58-38?. The number of oxime groups is 1. The number of carbonyl (C=O) groups excluding carboxylic acids is 3. The number of fused-ring (bicyclic) bond motifs is 3. The highest BCUT2D eigenvalue weighted by Gasteiger charge is 2.43. The smallest absolute Gasteiger partial charge is 0.342 e. The van der Waals surface area contributed by atoms with Gasteiger partial charge in [0.15, 0.2) is 12.3 Å². The number of aromatic hydroxyl groups is 2. The molecule has 0 saturated carbocycles. The van der Waals surface area contributed by atoms with Crippen molar-refractivity contribution in [2.75, 3.05) is 44.7 Å². The molecule has 1 unspecified atom stereocenters. The predicted octanol–water partition coefficient (Wildman–Crippen LogP) is 10.1. The quantitative estimate of drug-likeness (QED) is 0.0505. The molecule has 0 radical (unpaired) electrons. The maximum absolute atomic E-state index is 13.9. The van der Waals surface area contributed by atoms with E-state index in [9.17, 15) is 24.6 Å². The number of halogens is 1. The van der Waals surface area contributed by atoms with Crippen LogP contribution in [0.25, 0.3) is 0 Å². The van der Waals surface area contributed by atoms with Crippen molar-refractivity contribution in [3.05, 3.63) is 130 Å². The number of amides is 2. The fourth-order valence-electron chi connectivity index (χ4n) is 9.93. The first kappa shape index (κ1) is 49.8. The number of benzene rings is 3. The van der Waals surface area contributed by atoms with Crippen molar-refractivity contribution in [3.8, 4) is 11.5 Å². The molecular formula is C55H67ClN5O7+. The molecule has 0 spiro atoms. The van der Waals surface area contributed by atoms with Crippen molar-refractivity contribution in [3.63, 3.8) is 0 Å². The van der Waals surface area contributed by atoms with Crippen LogP contribution in [0.2, 0.25) is 5.02 Å². The van der Waals surface area contributed by atoms with Crippen molar-refractivity contribution in [2.24, 2.45) is 5.16 Å². The normalized spacial score (nSPS) is 21.3. The Morgan fingerprint density at radius 1 is 0.956 bits per heavy atom. The number of nitrogens with zero attached hydrogens (tertiary/aromatic N) is 4. The summed E-state index contributed by atoms with van der Waals surface area (Å²) < 4.78 is 8.28. The molecule has 0 bridgehead atoms. The van der Waals surface area contributed by atoms with Gasteiger partial charge in [0, 0.05) is 92.4 Å². The van der Waals surface area contributed by atoms with Gasteiger partial charge in [0.2, 0.25) is 11.6 Å². The molecular weight excluding hydrogens is 878 g/mol. The summed E-state index contributed by atoms with van der Waals surface area (Å²) in [6.45, 7) is 11.3. The van der Waals surface area contributed by atoms with Gasteiger partial charge in [-0.3, -0.25) is 9.59 Å². The van der Waals surface area contributed by atoms with E-state index in [-0.39, 0.29) is 58.4 Å². The van der Waals surface area contributed by atoms with Crippen LogP contribution >= 0.6 is 11.6 Å². The number of unbranched alkanes of at least 4 members (excludes halogenated alkanes) is 1. The largest absolute Gasteiger partial charge is 0.507 e. The SMILES string of the molecule is C[N+]1=C(/C=C/C=C2/N(CCCCC(=O)NCCC3C/C=C/CC/C=C/C(=NOCC(=O)N4CCCCC4)Cc4c(Cl)c(O)cc(O)c4C(=O)O3)c3ccccc3C2(C)C)C(C)(C)c2ccccc21. The maximum atomic E-state index is 13.9. The molecule has 2 amide bonds. The van der Waals surface area contributed by atoms with Crippen LogP contribution < -0.4 is 10.2 Å². The molecule has 0 aromatic heterocycles. The van der Waals surface area contributed by atoms with E-state index in [4.69, 9.17) is 21.2 Å².